The molecule has 41 heavy (non-hydrogen) atoms. The lowest BCUT2D eigenvalue weighted by molar-refractivity contribution is -0.320. The van der Waals surface area contributed by atoms with E-state index in [-0.39, 0.29) is 6.10 Å². The molecule has 5 atom stereocenters. The van der Waals surface area contributed by atoms with Gasteiger partial charge in [-0.05, 0) is 34.8 Å². The van der Waals surface area contributed by atoms with Gasteiger partial charge in [0, 0.05) is 7.11 Å². The Balaban J connectivity index is 1.63. The third-order valence-corrected chi connectivity index (χ3v) is 12.8. The van der Waals surface area contributed by atoms with Gasteiger partial charge in [-0.1, -0.05) is 112 Å². The molecule has 222 valence electrons. The highest BCUT2D eigenvalue weighted by molar-refractivity contribution is 6.73. The number of hydrogen-bond acceptors (Lipinski definition) is 6. The topological polar surface area (TPSA) is 55.4 Å². The van der Waals surface area contributed by atoms with Crippen molar-refractivity contribution in [2.75, 3.05) is 13.7 Å². The molecule has 0 saturated carbocycles. The SMILES string of the molecule is CC[Si](CC)(CC)OC[C@H]1O[C@H](OC)[C@H](OCc2ccccc2)[C@@H](OCc2ccccc2)[C@H]1OCc1ccccc1. The van der Waals surface area contributed by atoms with Gasteiger partial charge in [-0.25, -0.2) is 0 Å². The standard InChI is InChI=1S/C34H46O6Si/c1-5-41(6-2,7-3)39-26-30-31(36-23-27-17-11-8-12-18-27)32(37-24-28-19-13-9-14-20-28)33(34(35-4)40-30)38-25-29-21-15-10-16-22-29/h8-22,30-34H,5-7,23-26H2,1-4H3/t30-,31+,32+,33-,34+/m1/s1. The summed E-state index contributed by atoms with van der Waals surface area (Å²) in [6.07, 6.45) is -2.39. The van der Waals surface area contributed by atoms with Crippen molar-refractivity contribution in [3.05, 3.63) is 108 Å². The van der Waals surface area contributed by atoms with Crippen molar-refractivity contribution < 1.29 is 28.1 Å². The Labute approximate surface area is 247 Å². The van der Waals surface area contributed by atoms with Crippen LogP contribution >= 0.6 is 0 Å². The molecule has 0 radical (unpaired) electrons. The molecule has 3 aromatic carbocycles. The quantitative estimate of drug-likeness (QED) is 0.169. The van der Waals surface area contributed by atoms with Crippen molar-refractivity contribution in [2.24, 2.45) is 0 Å². The lowest BCUT2D eigenvalue weighted by Crippen LogP contribution is -2.62. The Hall–Kier alpha value is -2.36. The average Bonchev–Trinajstić information content (AvgIpc) is 3.04. The maximum absolute atomic E-state index is 6.75. The molecule has 1 fully saturated rings. The predicted octanol–water partition coefficient (Wildman–Crippen LogP) is 7.14. The zero-order valence-electron chi connectivity index (χ0n) is 24.9. The minimum absolute atomic E-state index is 0.377. The molecule has 0 N–H and O–H groups in total. The summed E-state index contributed by atoms with van der Waals surface area (Å²) < 4.78 is 39.1. The predicted molar refractivity (Wildman–Crippen MR) is 164 cm³/mol. The van der Waals surface area contributed by atoms with Crippen LogP contribution in [0.3, 0.4) is 0 Å². The van der Waals surface area contributed by atoms with Crippen LogP contribution in [0.4, 0.5) is 0 Å². The van der Waals surface area contributed by atoms with Crippen LogP contribution in [-0.4, -0.2) is 52.7 Å². The molecule has 0 unspecified atom stereocenters. The number of benzene rings is 3. The van der Waals surface area contributed by atoms with Crippen molar-refractivity contribution >= 4 is 8.32 Å². The second-order valence-corrected chi connectivity index (χ2v) is 15.4. The summed E-state index contributed by atoms with van der Waals surface area (Å²) in [4.78, 5) is 0. The number of methoxy groups -OCH3 is 1. The summed E-state index contributed by atoms with van der Waals surface area (Å²) in [5.41, 5.74) is 3.24. The van der Waals surface area contributed by atoms with E-state index in [0.29, 0.717) is 26.4 Å². The molecule has 1 aliphatic heterocycles. The van der Waals surface area contributed by atoms with Crippen LogP contribution in [0.1, 0.15) is 37.5 Å². The van der Waals surface area contributed by atoms with Gasteiger partial charge in [-0.3, -0.25) is 0 Å². The van der Waals surface area contributed by atoms with E-state index in [1.807, 2.05) is 54.6 Å². The van der Waals surface area contributed by atoms with E-state index in [1.165, 1.54) is 0 Å². The maximum atomic E-state index is 6.75. The highest BCUT2D eigenvalue weighted by atomic mass is 28.4. The van der Waals surface area contributed by atoms with Crippen molar-refractivity contribution in [1.82, 2.24) is 0 Å². The van der Waals surface area contributed by atoms with Crippen molar-refractivity contribution in [3.63, 3.8) is 0 Å². The first-order chi connectivity index (χ1) is 20.1. The fourth-order valence-electron chi connectivity index (χ4n) is 5.38. The van der Waals surface area contributed by atoms with E-state index in [0.717, 1.165) is 34.8 Å². The minimum Gasteiger partial charge on any atom is -0.414 e. The molecule has 1 aliphatic rings. The summed E-state index contributed by atoms with van der Waals surface area (Å²) in [5.74, 6) is 0. The number of hydrogen-bond donors (Lipinski definition) is 0. The minimum atomic E-state index is -1.87. The zero-order valence-corrected chi connectivity index (χ0v) is 25.9. The van der Waals surface area contributed by atoms with Crippen molar-refractivity contribution in [1.29, 1.82) is 0 Å². The van der Waals surface area contributed by atoms with Gasteiger partial charge in [-0.15, -0.1) is 0 Å². The number of ether oxygens (including phenoxy) is 5. The molecule has 1 saturated heterocycles. The highest BCUT2D eigenvalue weighted by Gasteiger charge is 2.49. The molecule has 7 heteroatoms. The van der Waals surface area contributed by atoms with E-state index in [2.05, 4.69) is 57.2 Å². The second-order valence-electron chi connectivity index (χ2n) is 10.6. The van der Waals surface area contributed by atoms with E-state index >= 15 is 0 Å². The van der Waals surface area contributed by atoms with Gasteiger partial charge >= 0.3 is 0 Å². The smallest absolute Gasteiger partial charge is 0.192 e. The molecule has 0 aliphatic carbocycles. The maximum Gasteiger partial charge on any atom is 0.192 e. The molecular formula is C34H46O6Si. The van der Waals surface area contributed by atoms with E-state index in [4.69, 9.17) is 28.1 Å². The average molecular weight is 579 g/mol. The second kappa shape index (κ2) is 16.3. The van der Waals surface area contributed by atoms with Gasteiger partial charge < -0.3 is 28.1 Å². The van der Waals surface area contributed by atoms with Gasteiger partial charge in [0.1, 0.15) is 24.4 Å². The Bertz CT molecular complexity index is 1100. The Morgan fingerprint density at radius 3 is 1.41 bits per heavy atom. The zero-order chi connectivity index (χ0) is 28.9. The molecule has 0 aromatic heterocycles. The monoisotopic (exact) mass is 578 g/mol. The van der Waals surface area contributed by atoms with Gasteiger partial charge in [-0.2, -0.15) is 0 Å². The first kappa shape index (κ1) is 31.6. The number of rotatable bonds is 16. The van der Waals surface area contributed by atoms with Crippen LogP contribution in [0.25, 0.3) is 0 Å². The third-order valence-electron chi connectivity index (χ3n) is 8.17. The van der Waals surface area contributed by atoms with Crippen molar-refractivity contribution in [2.45, 2.75) is 89.4 Å². The van der Waals surface area contributed by atoms with Crippen molar-refractivity contribution in [3.8, 4) is 0 Å². The highest BCUT2D eigenvalue weighted by Crippen LogP contribution is 2.32. The normalized spacial score (nSPS) is 23.0. The summed E-state index contributed by atoms with van der Waals surface area (Å²) in [5, 5.41) is 0. The van der Waals surface area contributed by atoms with Crippen LogP contribution in [0.5, 0.6) is 0 Å². The summed E-state index contributed by atoms with van der Waals surface area (Å²) in [6.45, 7) is 8.40. The molecule has 3 aromatic rings. The van der Waals surface area contributed by atoms with Gasteiger partial charge in [0.2, 0.25) is 0 Å². The first-order valence-electron chi connectivity index (χ1n) is 14.9. The van der Waals surface area contributed by atoms with Crippen LogP contribution in [0.2, 0.25) is 18.1 Å². The van der Waals surface area contributed by atoms with Crippen LogP contribution in [-0.2, 0) is 47.9 Å². The Morgan fingerprint density at radius 1 is 0.585 bits per heavy atom. The molecule has 1 heterocycles. The Kier molecular flexibility index (Phi) is 12.6. The first-order valence-corrected chi connectivity index (χ1v) is 17.4. The molecule has 6 nitrogen and oxygen atoms in total. The van der Waals surface area contributed by atoms with E-state index in [9.17, 15) is 0 Å². The van der Waals surface area contributed by atoms with E-state index < -0.39 is 32.9 Å². The summed E-state index contributed by atoms with van der Waals surface area (Å²) >= 11 is 0. The molecular weight excluding hydrogens is 532 g/mol. The van der Waals surface area contributed by atoms with E-state index in [1.54, 1.807) is 7.11 Å². The summed E-state index contributed by atoms with van der Waals surface area (Å²) in [7, 11) is -0.211. The summed E-state index contributed by atoms with van der Waals surface area (Å²) in [6, 6.07) is 33.7. The van der Waals surface area contributed by atoms with Crippen LogP contribution in [0, 0.1) is 0 Å². The molecule has 0 spiro atoms. The fraction of sp³-hybridized carbons (Fsp3) is 0.471. The van der Waals surface area contributed by atoms with Gasteiger partial charge in [0.15, 0.2) is 14.6 Å². The molecule has 0 bridgehead atoms. The van der Waals surface area contributed by atoms with Crippen LogP contribution < -0.4 is 0 Å². The fourth-order valence-corrected chi connectivity index (χ4v) is 8.01. The van der Waals surface area contributed by atoms with Gasteiger partial charge in [0.05, 0.1) is 26.4 Å². The largest absolute Gasteiger partial charge is 0.414 e. The molecule has 4 rings (SSSR count). The van der Waals surface area contributed by atoms with Crippen LogP contribution in [0.15, 0.2) is 91.0 Å². The van der Waals surface area contributed by atoms with Gasteiger partial charge in [0.25, 0.3) is 0 Å². The Morgan fingerprint density at radius 2 is 1.00 bits per heavy atom. The molecule has 0 amide bonds. The third kappa shape index (κ3) is 8.81. The lowest BCUT2D eigenvalue weighted by Gasteiger charge is -2.46. The lowest BCUT2D eigenvalue weighted by atomic mass is 9.98.